The third kappa shape index (κ3) is 7.96. The minimum absolute atomic E-state index is 0.0978. The Labute approximate surface area is 154 Å². The van der Waals surface area contributed by atoms with Crippen molar-refractivity contribution in [1.29, 1.82) is 0 Å². The van der Waals surface area contributed by atoms with E-state index in [-0.39, 0.29) is 38.2 Å². The number of H-pyrrole nitrogens is 2. The van der Waals surface area contributed by atoms with Crippen LogP contribution in [-0.2, 0) is 16.1 Å². The lowest BCUT2D eigenvalue weighted by Crippen LogP contribution is -2.37. The van der Waals surface area contributed by atoms with Gasteiger partial charge in [0.15, 0.2) is 0 Å². The van der Waals surface area contributed by atoms with E-state index in [0.717, 1.165) is 0 Å². The molecule has 0 aliphatic carbocycles. The third-order valence-corrected chi connectivity index (χ3v) is 3.13. The van der Waals surface area contributed by atoms with Crippen LogP contribution in [0.2, 0.25) is 0 Å². The highest BCUT2D eigenvalue weighted by Crippen LogP contribution is 2.09. The molecule has 0 aliphatic rings. The molecule has 148 valence electrons. The summed E-state index contributed by atoms with van der Waals surface area (Å²) >= 11 is 0. The van der Waals surface area contributed by atoms with Gasteiger partial charge in [-0.2, -0.15) is 0 Å². The number of aromatic amines is 2. The first kappa shape index (κ1) is 23.5. The Morgan fingerprint density at radius 2 is 1.85 bits per heavy atom. The number of hydrogen-bond acceptors (Lipinski definition) is 6. The number of aromatic nitrogens is 3. The van der Waals surface area contributed by atoms with Crippen LogP contribution in [0.25, 0.3) is 0 Å². The molecule has 0 saturated heterocycles. The highest BCUT2D eigenvalue weighted by Gasteiger charge is 2.21. The number of carbonyl (C=O) groups excluding carboxylic acids is 1. The zero-order chi connectivity index (χ0) is 20.8. The number of nitrogens with one attached hydrogen (secondary N) is 2. The predicted molar refractivity (Wildman–Crippen MR) is 94.3 cm³/mol. The molecule has 0 aromatic carbocycles. The topological polar surface area (TPSA) is 177 Å². The lowest BCUT2D eigenvalue weighted by Gasteiger charge is -2.21. The first-order valence-electron chi connectivity index (χ1n) is 7.60. The average Bonchev–Trinajstić information content (AvgIpc) is 3.08. The number of amides is 1. The van der Waals surface area contributed by atoms with Crippen LogP contribution in [-0.4, -0.2) is 67.2 Å². The Bertz CT molecular complexity index is 766. The standard InChI is InChI=1S/C14H18N4O3.2CH2O2/c1-9-7-10(2)17-13(20)12(9)14(21)18(5-6-19)8-11-15-3-4-16-11;2*2-1-3/h3-4,7,19H,5-6,8H2,1-2H3,(H,15,16)(H,17,20);2*1H,(H,2,3). The van der Waals surface area contributed by atoms with Crippen LogP contribution < -0.4 is 5.56 Å². The zero-order valence-electron chi connectivity index (χ0n) is 14.9. The number of rotatable bonds is 5. The number of aliphatic hydroxyl groups is 1. The van der Waals surface area contributed by atoms with E-state index in [0.29, 0.717) is 17.1 Å². The van der Waals surface area contributed by atoms with Crippen LogP contribution in [0.1, 0.15) is 27.4 Å². The van der Waals surface area contributed by atoms with Gasteiger partial charge in [-0.15, -0.1) is 0 Å². The summed E-state index contributed by atoms with van der Waals surface area (Å²) in [7, 11) is 0. The molecule has 2 heterocycles. The number of nitrogens with zero attached hydrogens (tertiary/aromatic N) is 2. The van der Waals surface area contributed by atoms with Crippen molar-refractivity contribution in [2.75, 3.05) is 13.2 Å². The van der Waals surface area contributed by atoms with Gasteiger partial charge in [-0.05, 0) is 25.5 Å². The summed E-state index contributed by atoms with van der Waals surface area (Å²) in [5, 5.41) is 22.9. The molecule has 0 atom stereocenters. The molecule has 2 aromatic rings. The largest absolute Gasteiger partial charge is 0.483 e. The van der Waals surface area contributed by atoms with Gasteiger partial charge in [-0.3, -0.25) is 19.2 Å². The summed E-state index contributed by atoms with van der Waals surface area (Å²) in [6.07, 6.45) is 3.24. The summed E-state index contributed by atoms with van der Waals surface area (Å²) in [6.45, 7) is 3.14. The van der Waals surface area contributed by atoms with E-state index in [2.05, 4.69) is 15.0 Å². The normalized spacial score (nSPS) is 9.15. The molecule has 0 radical (unpaired) electrons. The predicted octanol–water partition coefficient (Wildman–Crippen LogP) is -0.249. The van der Waals surface area contributed by atoms with Gasteiger partial charge in [0.1, 0.15) is 11.4 Å². The first-order chi connectivity index (χ1) is 12.9. The van der Waals surface area contributed by atoms with Crippen molar-refractivity contribution < 1.29 is 29.7 Å². The van der Waals surface area contributed by atoms with E-state index >= 15 is 0 Å². The van der Waals surface area contributed by atoms with E-state index in [1.54, 1.807) is 32.3 Å². The summed E-state index contributed by atoms with van der Waals surface area (Å²) in [5.74, 6) is 0.178. The van der Waals surface area contributed by atoms with E-state index in [4.69, 9.17) is 24.9 Å². The number of hydrogen-bond donors (Lipinski definition) is 5. The zero-order valence-corrected chi connectivity index (χ0v) is 14.9. The van der Waals surface area contributed by atoms with Gasteiger partial charge in [0.2, 0.25) is 0 Å². The quantitative estimate of drug-likeness (QED) is 0.440. The van der Waals surface area contributed by atoms with Gasteiger partial charge in [-0.1, -0.05) is 0 Å². The molecule has 1 amide bonds. The molecular formula is C16H22N4O7. The van der Waals surface area contributed by atoms with Crippen molar-refractivity contribution in [3.8, 4) is 0 Å². The molecule has 5 N–H and O–H groups in total. The van der Waals surface area contributed by atoms with Gasteiger partial charge in [0.05, 0.1) is 13.2 Å². The van der Waals surface area contributed by atoms with Crippen molar-refractivity contribution >= 4 is 18.9 Å². The number of pyridine rings is 1. The number of aliphatic hydroxyl groups excluding tert-OH is 1. The Hall–Kier alpha value is -3.47. The van der Waals surface area contributed by atoms with Crippen molar-refractivity contribution in [2.24, 2.45) is 0 Å². The molecule has 11 heteroatoms. The SMILES string of the molecule is Cc1cc(C)c(C(=O)N(CCO)Cc2ncc[nH]2)c(=O)[nH]1.O=CO.O=CO. The fourth-order valence-electron chi connectivity index (χ4n) is 2.22. The van der Waals surface area contributed by atoms with Crippen molar-refractivity contribution in [3.63, 3.8) is 0 Å². The fourth-order valence-corrected chi connectivity index (χ4v) is 2.22. The summed E-state index contributed by atoms with van der Waals surface area (Å²) in [6, 6.07) is 1.75. The minimum Gasteiger partial charge on any atom is -0.483 e. The van der Waals surface area contributed by atoms with Crippen molar-refractivity contribution in [1.82, 2.24) is 19.9 Å². The summed E-state index contributed by atoms with van der Waals surface area (Å²) in [4.78, 5) is 52.3. The smallest absolute Gasteiger partial charge is 0.290 e. The van der Waals surface area contributed by atoms with Crippen molar-refractivity contribution in [2.45, 2.75) is 20.4 Å². The Kier molecular flexibility index (Phi) is 11.2. The monoisotopic (exact) mass is 382 g/mol. The Morgan fingerprint density at radius 1 is 1.26 bits per heavy atom. The lowest BCUT2D eigenvalue weighted by atomic mass is 10.1. The molecule has 2 rings (SSSR count). The maximum Gasteiger partial charge on any atom is 0.290 e. The molecule has 11 nitrogen and oxygen atoms in total. The van der Waals surface area contributed by atoms with Crippen LogP contribution in [0.15, 0.2) is 23.3 Å². The van der Waals surface area contributed by atoms with Gasteiger partial charge < -0.3 is 30.2 Å². The van der Waals surface area contributed by atoms with Crippen LogP contribution >= 0.6 is 0 Å². The van der Waals surface area contributed by atoms with Gasteiger partial charge in [0.25, 0.3) is 24.4 Å². The Balaban J connectivity index is 0.000000997. The van der Waals surface area contributed by atoms with Crippen LogP contribution in [0.3, 0.4) is 0 Å². The van der Waals surface area contributed by atoms with Gasteiger partial charge in [0, 0.05) is 24.6 Å². The maximum atomic E-state index is 12.6. The van der Waals surface area contributed by atoms with Crippen molar-refractivity contribution in [3.05, 3.63) is 51.5 Å². The maximum absolute atomic E-state index is 12.6. The first-order valence-corrected chi connectivity index (χ1v) is 7.60. The van der Waals surface area contributed by atoms with E-state index in [1.165, 1.54) is 4.90 Å². The molecule has 0 saturated carbocycles. The van der Waals surface area contributed by atoms with Crippen LogP contribution in [0.4, 0.5) is 0 Å². The molecular weight excluding hydrogens is 360 g/mol. The van der Waals surface area contributed by atoms with Crippen LogP contribution in [0, 0.1) is 13.8 Å². The molecule has 0 fully saturated rings. The third-order valence-electron chi connectivity index (χ3n) is 3.13. The second-order valence-corrected chi connectivity index (χ2v) is 5.04. The molecule has 0 bridgehead atoms. The fraction of sp³-hybridized carbons (Fsp3) is 0.312. The number of aryl methyl sites for hydroxylation is 2. The second-order valence-electron chi connectivity index (χ2n) is 5.04. The number of carbonyl (C=O) groups is 3. The molecule has 0 spiro atoms. The van der Waals surface area contributed by atoms with Gasteiger partial charge in [-0.25, -0.2) is 4.98 Å². The van der Waals surface area contributed by atoms with Crippen LogP contribution in [0.5, 0.6) is 0 Å². The summed E-state index contributed by atoms with van der Waals surface area (Å²) < 4.78 is 0. The highest BCUT2D eigenvalue weighted by molar-refractivity contribution is 5.95. The van der Waals surface area contributed by atoms with E-state index in [9.17, 15) is 9.59 Å². The highest BCUT2D eigenvalue weighted by atomic mass is 16.3. The molecule has 2 aromatic heterocycles. The second kappa shape index (κ2) is 12.8. The summed E-state index contributed by atoms with van der Waals surface area (Å²) in [5.41, 5.74) is 0.998. The minimum atomic E-state index is -0.417. The van der Waals surface area contributed by atoms with E-state index in [1.807, 2.05) is 0 Å². The number of imidazole rings is 1. The Morgan fingerprint density at radius 3 is 2.30 bits per heavy atom. The molecule has 0 unspecified atom stereocenters. The molecule has 0 aliphatic heterocycles. The average molecular weight is 382 g/mol. The molecule has 27 heavy (non-hydrogen) atoms. The lowest BCUT2D eigenvalue weighted by molar-refractivity contribution is -0.123. The van der Waals surface area contributed by atoms with E-state index < -0.39 is 11.5 Å². The van der Waals surface area contributed by atoms with Gasteiger partial charge >= 0.3 is 0 Å². The number of carboxylic acid groups (broad SMARTS) is 2.